The number of aryl methyl sites for hydroxylation is 1. The van der Waals surface area contributed by atoms with Crippen molar-refractivity contribution in [3.05, 3.63) is 103 Å². The van der Waals surface area contributed by atoms with Crippen molar-refractivity contribution < 1.29 is 32.3 Å². The maximum atomic E-state index is 13.8. The molecule has 69 heavy (non-hydrogen) atoms. The summed E-state index contributed by atoms with van der Waals surface area (Å²) in [7, 11) is 3.21. The zero-order valence-electron chi connectivity index (χ0n) is 41.4. The second kappa shape index (κ2) is 23.4. The molecule has 6 heterocycles. The Morgan fingerprint density at radius 2 is 1.68 bits per heavy atom. The number of halogens is 1. The molecule has 0 aliphatic carbocycles. The van der Waals surface area contributed by atoms with Crippen LogP contribution in [0.5, 0.6) is 5.75 Å². The number of amides is 2. The third-order valence-corrected chi connectivity index (χ3v) is 11.5. The minimum atomic E-state index is -2.78. The van der Waals surface area contributed by atoms with Gasteiger partial charge in [0.15, 0.2) is 23.1 Å². The number of carbonyl (C=O) groups excluding carboxylic acids is 2. The fourth-order valence-corrected chi connectivity index (χ4v) is 8.01. The summed E-state index contributed by atoms with van der Waals surface area (Å²) < 4.78 is 55.2. The van der Waals surface area contributed by atoms with Crippen LogP contribution in [0.1, 0.15) is 37.8 Å². The smallest absolute Gasteiger partial charge is 0.273 e. The first kappa shape index (κ1) is 44.0. The number of hydrogen-bond donors (Lipinski definition) is 5. The Kier molecular flexibility index (Phi) is 14.9. The van der Waals surface area contributed by atoms with Gasteiger partial charge in [0.05, 0.1) is 56.0 Å². The highest BCUT2D eigenvalue weighted by Crippen LogP contribution is 2.37. The van der Waals surface area contributed by atoms with E-state index in [4.69, 9.17) is 18.3 Å². The Bertz CT molecular complexity index is 2760. The van der Waals surface area contributed by atoms with Crippen LogP contribution >= 0.6 is 0 Å². The summed E-state index contributed by atoms with van der Waals surface area (Å²) in [4.78, 5) is 50.5. The minimum absolute atomic E-state index is 0.103. The van der Waals surface area contributed by atoms with Gasteiger partial charge in [0.2, 0.25) is 0 Å². The fourth-order valence-electron chi connectivity index (χ4n) is 8.01. The minimum Gasteiger partial charge on any atom is -0.494 e. The second-order valence-corrected chi connectivity index (χ2v) is 16.2. The number of pyridine rings is 1. The summed E-state index contributed by atoms with van der Waals surface area (Å²) in [5, 5.41) is 26.9. The molecule has 0 saturated carbocycles. The molecule has 0 radical (unpaired) electrons. The van der Waals surface area contributed by atoms with E-state index in [9.17, 15) is 14.0 Å². The summed E-state index contributed by atoms with van der Waals surface area (Å²) in [6.07, 6.45) is 6.57. The highest BCUT2D eigenvalue weighted by molar-refractivity contribution is 5.99. The molecule has 2 fully saturated rings. The van der Waals surface area contributed by atoms with Gasteiger partial charge in [-0.15, -0.1) is 10.2 Å². The van der Waals surface area contributed by atoms with E-state index in [0.29, 0.717) is 60.6 Å². The number of nitrogens with zero attached hydrogens (tertiary/aromatic N) is 11. The van der Waals surface area contributed by atoms with Crippen molar-refractivity contribution in [2.75, 3.05) is 119 Å². The molecule has 22 heteroatoms. The maximum absolute atomic E-state index is 13.8. The molecule has 2 amide bonds. The van der Waals surface area contributed by atoms with Gasteiger partial charge in [-0.25, -0.2) is 24.3 Å². The number of rotatable bonds is 21. The molecule has 2 aromatic carbocycles. The summed E-state index contributed by atoms with van der Waals surface area (Å²) in [5.41, 5.74) is 1.99. The summed E-state index contributed by atoms with van der Waals surface area (Å²) >= 11 is 0. The van der Waals surface area contributed by atoms with Crippen LogP contribution in [-0.2, 0) is 16.5 Å². The molecular formula is C47H57FN16O5. The van der Waals surface area contributed by atoms with Gasteiger partial charge in [0, 0.05) is 101 Å². The molecule has 4 aromatic heterocycles. The number of carbonyl (C=O) groups is 2. The quantitative estimate of drug-likeness (QED) is 0.0640. The Hall–Kier alpha value is -7.56. The average molecular weight is 948 g/mol. The lowest BCUT2D eigenvalue weighted by atomic mass is 10.0. The van der Waals surface area contributed by atoms with Gasteiger partial charge in [-0.2, -0.15) is 5.10 Å². The van der Waals surface area contributed by atoms with Crippen molar-refractivity contribution >= 4 is 52.1 Å². The van der Waals surface area contributed by atoms with Crippen LogP contribution in [0.4, 0.5) is 44.7 Å². The molecule has 6 aromatic rings. The van der Waals surface area contributed by atoms with E-state index >= 15 is 0 Å². The molecule has 21 nitrogen and oxygen atoms in total. The van der Waals surface area contributed by atoms with Crippen LogP contribution in [0.25, 0.3) is 11.4 Å². The van der Waals surface area contributed by atoms with Crippen LogP contribution in [0.2, 0.25) is 0 Å². The summed E-state index contributed by atoms with van der Waals surface area (Å²) in [6.45, 7) is 5.08. The SMILES string of the molecule is [2H]C([2H])([2H])NC(=O)c1nnc(Nc2ccc(C(=O)NCCOCCOCCN3CCN(c4cc(N[C@@H]5CCCN(c6cccc(F)c6)C5)ncn4)CC3)cn2)cc1Nc1cccc(-c2ncn(C)n2)c1OC. The van der Waals surface area contributed by atoms with E-state index < -0.39 is 12.9 Å². The molecular weight excluding hydrogens is 888 g/mol. The van der Waals surface area contributed by atoms with E-state index in [-0.39, 0.29) is 41.5 Å². The van der Waals surface area contributed by atoms with E-state index in [0.717, 1.165) is 76.0 Å². The van der Waals surface area contributed by atoms with Crippen LogP contribution in [0.15, 0.2) is 85.6 Å². The lowest BCUT2D eigenvalue weighted by Gasteiger charge is -2.36. The van der Waals surface area contributed by atoms with Crippen molar-refractivity contribution in [1.82, 2.24) is 55.4 Å². The van der Waals surface area contributed by atoms with Gasteiger partial charge < -0.3 is 50.6 Å². The van der Waals surface area contributed by atoms with Crippen LogP contribution < -0.4 is 41.1 Å². The molecule has 8 rings (SSSR count). The van der Waals surface area contributed by atoms with Gasteiger partial charge in [-0.05, 0) is 55.3 Å². The number of nitrogens with one attached hydrogen (secondary N) is 5. The Balaban J connectivity index is 0.725. The summed E-state index contributed by atoms with van der Waals surface area (Å²) in [5.74, 6) is 1.37. The van der Waals surface area contributed by atoms with Gasteiger partial charge in [0.25, 0.3) is 11.8 Å². The van der Waals surface area contributed by atoms with Gasteiger partial charge in [-0.3, -0.25) is 19.2 Å². The number of anilines is 7. The van der Waals surface area contributed by atoms with Crippen molar-refractivity contribution in [2.45, 2.75) is 18.9 Å². The number of methoxy groups -OCH3 is 1. The third-order valence-electron chi connectivity index (χ3n) is 11.5. The number of benzene rings is 2. The normalized spacial score (nSPS) is 15.9. The lowest BCUT2D eigenvalue weighted by Crippen LogP contribution is -2.47. The first-order valence-electron chi connectivity index (χ1n) is 24.1. The number of para-hydroxylation sites is 1. The predicted octanol–water partition coefficient (Wildman–Crippen LogP) is 4.12. The van der Waals surface area contributed by atoms with Gasteiger partial charge in [-0.1, -0.05) is 12.1 Å². The zero-order valence-corrected chi connectivity index (χ0v) is 38.4. The molecule has 0 unspecified atom stereocenters. The number of hydrogen-bond acceptors (Lipinski definition) is 18. The number of piperidine rings is 1. The van der Waals surface area contributed by atoms with E-state index in [1.807, 2.05) is 17.4 Å². The molecule has 362 valence electrons. The standard InChI is InChI=1S/C47H57FN16O5/c1-49-47(66)43-38(56-37-11-5-10-36(44(37)67-3)45-54-31-61(2)60-45)26-41(58-59-43)57-39-13-12-32(28-51-39)46(65)50-14-21-68-23-24-69-22-20-62-16-18-63(19-17-62)42-27-40(52-30-53-42)55-34-8-6-15-64(29-34)35-9-4-7-33(48)25-35/h4-5,7,9-13,25-28,30-31,34H,6,8,14-24,29H2,1-3H3,(H,49,66)(H,50,65)(H,52,53,55)(H2,51,56,57,58)/t34-/m1/s1/i1D3. The van der Waals surface area contributed by atoms with Crippen LogP contribution in [0.3, 0.4) is 0 Å². The second-order valence-electron chi connectivity index (χ2n) is 16.2. The van der Waals surface area contributed by atoms with Crippen molar-refractivity contribution in [2.24, 2.45) is 7.05 Å². The molecule has 2 saturated heterocycles. The first-order chi connectivity index (χ1) is 34.9. The summed E-state index contributed by atoms with van der Waals surface area (Å²) in [6, 6.07) is 18.8. The molecule has 2 aliphatic heterocycles. The predicted molar refractivity (Wildman–Crippen MR) is 259 cm³/mol. The first-order valence-corrected chi connectivity index (χ1v) is 22.6. The van der Waals surface area contributed by atoms with Crippen LogP contribution in [-0.4, -0.2) is 156 Å². The molecule has 0 bridgehead atoms. The van der Waals surface area contributed by atoms with Crippen molar-refractivity contribution in [1.29, 1.82) is 0 Å². The highest BCUT2D eigenvalue weighted by atomic mass is 19.1. The molecule has 0 spiro atoms. The highest BCUT2D eigenvalue weighted by Gasteiger charge is 2.23. The molecule has 2 aliphatic rings. The molecule has 1 atom stereocenters. The zero-order chi connectivity index (χ0) is 50.5. The largest absolute Gasteiger partial charge is 0.494 e. The van der Waals surface area contributed by atoms with Crippen molar-refractivity contribution in [3.8, 4) is 17.1 Å². The van der Waals surface area contributed by atoms with E-state index in [1.54, 1.807) is 66.8 Å². The van der Waals surface area contributed by atoms with Gasteiger partial charge in [0.1, 0.15) is 35.9 Å². The maximum Gasteiger partial charge on any atom is 0.273 e. The fraction of sp³-hybridized carbons (Fsp3) is 0.383. The number of ether oxygens (including phenoxy) is 3. The van der Waals surface area contributed by atoms with Crippen molar-refractivity contribution in [3.63, 3.8) is 0 Å². The topological polar surface area (TPSA) is 227 Å². The lowest BCUT2D eigenvalue weighted by molar-refractivity contribution is 0.0387. The Labute approximate surface area is 403 Å². The van der Waals surface area contributed by atoms with Gasteiger partial charge >= 0.3 is 0 Å². The van der Waals surface area contributed by atoms with E-state index in [1.165, 1.54) is 25.4 Å². The Morgan fingerprint density at radius 3 is 2.46 bits per heavy atom. The molecule has 5 N–H and O–H groups in total. The number of piperazine rings is 1. The number of aromatic nitrogens is 8. The average Bonchev–Trinajstić information content (AvgIpc) is 3.81. The van der Waals surface area contributed by atoms with Crippen LogP contribution in [0, 0.1) is 5.82 Å². The Morgan fingerprint density at radius 1 is 0.826 bits per heavy atom. The third kappa shape index (κ3) is 12.9. The van der Waals surface area contributed by atoms with E-state index in [2.05, 4.69) is 71.2 Å². The monoisotopic (exact) mass is 947 g/mol.